The van der Waals surface area contributed by atoms with Crippen LogP contribution in [0.15, 0.2) is 72.8 Å². The fourth-order valence-electron chi connectivity index (χ4n) is 3.72. The van der Waals surface area contributed by atoms with Crippen LogP contribution in [0.5, 0.6) is 5.75 Å². The summed E-state index contributed by atoms with van der Waals surface area (Å²) in [6, 6.07) is 26.2. The number of rotatable bonds is 6. The monoisotopic (exact) mass is 381 g/mol. The van der Waals surface area contributed by atoms with Gasteiger partial charge in [-0.1, -0.05) is 49.4 Å². The first kappa shape index (κ1) is 18.6. The highest BCUT2D eigenvalue weighted by atomic mass is 16.5. The van der Waals surface area contributed by atoms with Gasteiger partial charge in [-0.2, -0.15) is 5.26 Å². The average Bonchev–Trinajstić information content (AvgIpc) is 3.06. The molecule has 0 amide bonds. The van der Waals surface area contributed by atoms with E-state index in [2.05, 4.69) is 17.6 Å². The van der Waals surface area contributed by atoms with Crippen LogP contribution in [0.3, 0.4) is 0 Å². The molecule has 4 aromatic rings. The molecule has 0 saturated carbocycles. The second-order valence-electron chi connectivity index (χ2n) is 7.07. The van der Waals surface area contributed by atoms with Crippen molar-refractivity contribution in [2.24, 2.45) is 0 Å². The van der Waals surface area contributed by atoms with Gasteiger partial charge in [0.05, 0.1) is 16.8 Å². The van der Waals surface area contributed by atoms with Gasteiger partial charge in [-0.25, -0.2) is 0 Å². The van der Waals surface area contributed by atoms with Gasteiger partial charge >= 0.3 is 0 Å². The van der Waals surface area contributed by atoms with E-state index in [0.29, 0.717) is 17.9 Å². The van der Waals surface area contributed by atoms with Gasteiger partial charge in [0.1, 0.15) is 18.4 Å². The van der Waals surface area contributed by atoms with Gasteiger partial charge in [-0.15, -0.1) is 0 Å². The summed E-state index contributed by atoms with van der Waals surface area (Å²) >= 11 is 0. The lowest BCUT2D eigenvalue weighted by molar-refractivity contribution is 0.306. The highest BCUT2D eigenvalue weighted by molar-refractivity contribution is 5.95. The van der Waals surface area contributed by atoms with E-state index in [9.17, 15) is 5.26 Å². The largest absolute Gasteiger partial charge is 0.489 e. The lowest BCUT2D eigenvalue weighted by Crippen LogP contribution is -2.00. The normalized spacial score (nSPS) is 10.8. The number of aromatic nitrogens is 1. The molecule has 0 bridgehead atoms. The molecule has 4 rings (SSSR count). The van der Waals surface area contributed by atoms with Crippen molar-refractivity contribution in [3.8, 4) is 23.1 Å². The summed E-state index contributed by atoms with van der Waals surface area (Å²) in [6.07, 6.45) is 0.968. The standard InChI is InChI=1S/C25H23N3O/c1-2-13-28-24-12-11-21(29-17-18-7-4-3-5-8-18)15-22(24)23(16-26)25(28)19-9-6-10-20(27)14-19/h3-12,14-15H,2,13,17,27H2,1H3. The zero-order valence-electron chi connectivity index (χ0n) is 16.4. The van der Waals surface area contributed by atoms with Crippen LogP contribution in [0.1, 0.15) is 24.5 Å². The lowest BCUT2D eigenvalue weighted by atomic mass is 10.1. The maximum atomic E-state index is 9.99. The molecule has 4 nitrogen and oxygen atoms in total. The first-order chi connectivity index (χ1) is 14.2. The maximum absolute atomic E-state index is 9.99. The second kappa shape index (κ2) is 8.12. The molecule has 0 aliphatic heterocycles. The highest BCUT2D eigenvalue weighted by Gasteiger charge is 2.19. The van der Waals surface area contributed by atoms with Crippen LogP contribution in [0, 0.1) is 11.3 Å². The van der Waals surface area contributed by atoms with Crippen LogP contribution in [0.4, 0.5) is 5.69 Å². The third kappa shape index (κ3) is 3.68. The number of fused-ring (bicyclic) bond motifs is 1. The molecule has 1 heterocycles. The van der Waals surface area contributed by atoms with Gasteiger partial charge in [-0.05, 0) is 42.3 Å². The Kier molecular flexibility index (Phi) is 5.22. The number of nitrogen functional groups attached to an aromatic ring is 1. The van der Waals surface area contributed by atoms with Gasteiger partial charge in [-0.3, -0.25) is 0 Å². The lowest BCUT2D eigenvalue weighted by Gasteiger charge is -2.11. The molecule has 0 spiro atoms. The molecule has 4 heteroatoms. The van der Waals surface area contributed by atoms with E-state index < -0.39 is 0 Å². The molecule has 2 N–H and O–H groups in total. The van der Waals surface area contributed by atoms with Crippen molar-refractivity contribution in [3.05, 3.63) is 83.9 Å². The second-order valence-corrected chi connectivity index (χ2v) is 7.07. The summed E-state index contributed by atoms with van der Waals surface area (Å²) in [5.74, 6) is 0.755. The predicted octanol–water partition coefficient (Wildman–Crippen LogP) is 5.75. The average molecular weight is 381 g/mol. The van der Waals surface area contributed by atoms with Crippen LogP contribution < -0.4 is 10.5 Å². The molecule has 144 valence electrons. The topological polar surface area (TPSA) is 64.0 Å². The van der Waals surface area contributed by atoms with Crippen molar-refractivity contribution in [2.45, 2.75) is 26.5 Å². The molecular weight excluding hydrogens is 358 g/mol. The van der Waals surface area contributed by atoms with Gasteiger partial charge in [0.2, 0.25) is 0 Å². The molecule has 0 aliphatic carbocycles. The summed E-state index contributed by atoms with van der Waals surface area (Å²) in [5.41, 5.74) is 11.4. The fourth-order valence-corrected chi connectivity index (χ4v) is 3.72. The fraction of sp³-hybridized carbons (Fsp3) is 0.160. The van der Waals surface area contributed by atoms with Crippen LogP contribution in [-0.4, -0.2) is 4.57 Å². The van der Waals surface area contributed by atoms with Crippen LogP contribution in [-0.2, 0) is 13.2 Å². The molecule has 29 heavy (non-hydrogen) atoms. The predicted molar refractivity (Wildman–Crippen MR) is 118 cm³/mol. The quantitative estimate of drug-likeness (QED) is 0.432. The van der Waals surface area contributed by atoms with Crippen molar-refractivity contribution >= 4 is 16.6 Å². The molecule has 1 aromatic heterocycles. The van der Waals surface area contributed by atoms with Gasteiger partial charge < -0.3 is 15.0 Å². The number of aryl methyl sites for hydroxylation is 1. The van der Waals surface area contributed by atoms with E-state index in [-0.39, 0.29) is 0 Å². The first-order valence-corrected chi connectivity index (χ1v) is 9.80. The van der Waals surface area contributed by atoms with Crippen molar-refractivity contribution in [1.82, 2.24) is 4.57 Å². The third-order valence-electron chi connectivity index (χ3n) is 5.00. The van der Waals surface area contributed by atoms with Crippen molar-refractivity contribution < 1.29 is 4.74 Å². The van der Waals surface area contributed by atoms with Crippen LogP contribution in [0.25, 0.3) is 22.2 Å². The summed E-state index contributed by atoms with van der Waals surface area (Å²) in [6.45, 7) is 3.46. The smallest absolute Gasteiger partial charge is 0.120 e. The first-order valence-electron chi connectivity index (χ1n) is 9.80. The number of hydrogen-bond acceptors (Lipinski definition) is 3. The number of benzene rings is 3. The van der Waals surface area contributed by atoms with Crippen LogP contribution in [0.2, 0.25) is 0 Å². The Morgan fingerprint density at radius 1 is 1.00 bits per heavy atom. The Morgan fingerprint density at radius 3 is 2.55 bits per heavy atom. The van der Waals surface area contributed by atoms with E-state index in [1.807, 2.05) is 72.8 Å². The van der Waals surface area contributed by atoms with Crippen molar-refractivity contribution in [1.29, 1.82) is 5.26 Å². The zero-order chi connectivity index (χ0) is 20.2. The Labute approximate surface area is 170 Å². The molecular formula is C25H23N3O. The maximum Gasteiger partial charge on any atom is 0.120 e. The minimum Gasteiger partial charge on any atom is -0.489 e. The van der Waals surface area contributed by atoms with Crippen molar-refractivity contribution in [2.75, 3.05) is 5.73 Å². The number of anilines is 1. The number of ether oxygens (including phenoxy) is 1. The van der Waals surface area contributed by atoms with Crippen molar-refractivity contribution in [3.63, 3.8) is 0 Å². The molecule has 0 atom stereocenters. The number of hydrogen-bond donors (Lipinski definition) is 1. The SMILES string of the molecule is CCCn1c(-c2cccc(N)c2)c(C#N)c2cc(OCc3ccccc3)ccc21. The van der Waals surface area contributed by atoms with E-state index >= 15 is 0 Å². The zero-order valence-corrected chi connectivity index (χ0v) is 16.4. The summed E-state index contributed by atoms with van der Waals surface area (Å²) in [5, 5.41) is 10.9. The highest BCUT2D eigenvalue weighted by Crippen LogP contribution is 2.36. The Morgan fingerprint density at radius 2 is 1.83 bits per heavy atom. The summed E-state index contributed by atoms with van der Waals surface area (Å²) in [7, 11) is 0. The van der Waals surface area contributed by atoms with Gasteiger partial charge in [0.15, 0.2) is 0 Å². The molecule has 3 aromatic carbocycles. The molecule has 0 unspecified atom stereocenters. The number of nitrogens with two attached hydrogens (primary N) is 1. The van der Waals surface area contributed by atoms with E-state index in [1.54, 1.807) is 0 Å². The minimum absolute atomic E-state index is 0.492. The minimum atomic E-state index is 0.492. The Balaban J connectivity index is 1.81. The summed E-state index contributed by atoms with van der Waals surface area (Å²) < 4.78 is 8.21. The number of nitriles is 1. The third-order valence-corrected chi connectivity index (χ3v) is 5.00. The number of nitrogens with zero attached hydrogens (tertiary/aromatic N) is 2. The van der Waals surface area contributed by atoms with E-state index in [1.165, 1.54) is 0 Å². The molecule has 0 radical (unpaired) electrons. The Bertz CT molecular complexity index is 1190. The van der Waals surface area contributed by atoms with Gasteiger partial charge in [0, 0.05) is 23.2 Å². The van der Waals surface area contributed by atoms with Crippen LogP contribution >= 0.6 is 0 Å². The van der Waals surface area contributed by atoms with Gasteiger partial charge in [0.25, 0.3) is 0 Å². The summed E-state index contributed by atoms with van der Waals surface area (Å²) in [4.78, 5) is 0. The van der Waals surface area contributed by atoms with E-state index in [0.717, 1.165) is 46.4 Å². The molecule has 0 saturated heterocycles. The van der Waals surface area contributed by atoms with E-state index in [4.69, 9.17) is 10.5 Å². The molecule has 0 aliphatic rings. The Hall–Kier alpha value is -3.71. The molecule has 0 fully saturated rings.